The van der Waals surface area contributed by atoms with Gasteiger partial charge in [0.15, 0.2) is 0 Å². The van der Waals surface area contributed by atoms with Gasteiger partial charge in [-0.2, -0.15) is 0 Å². The summed E-state index contributed by atoms with van der Waals surface area (Å²) in [5.41, 5.74) is 0. The summed E-state index contributed by atoms with van der Waals surface area (Å²) in [6, 6.07) is 0. The van der Waals surface area contributed by atoms with Crippen molar-refractivity contribution in [1.29, 1.82) is 0 Å². The quantitative estimate of drug-likeness (QED) is 0.451. The van der Waals surface area contributed by atoms with Gasteiger partial charge in [-0.3, -0.25) is 0 Å². The fourth-order valence-corrected chi connectivity index (χ4v) is 10.1. The summed E-state index contributed by atoms with van der Waals surface area (Å²) in [5.74, 6) is 0. The molecule has 1 radical (unpaired) electrons. The molecule has 0 spiro atoms. The molecule has 1 N–H and O–H groups in total. The van der Waals surface area contributed by atoms with Crippen LogP contribution >= 0.6 is 0 Å². The van der Waals surface area contributed by atoms with Gasteiger partial charge in [-0.05, 0) is 15.1 Å². The zero-order valence-electron chi connectivity index (χ0n) is 14.9. The van der Waals surface area contributed by atoms with Crippen LogP contribution in [0.5, 0.6) is 0 Å². The minimum Gasteiger partial charge on any atom is -0.430 e. The van der Waals surface area contributed by atoms with Crippen molar-refractivity contribution in [2.75, 3.05) is 0 Å². The maximum atomic E-state index is 11.2. The second-order valence-corrected chi connectivity index (χ2v) is 13.4. The van der Waals surface area contributed by atoms with Gasteiger partial charge in [0.25, 0.3) is 0 Å². The average molecular weight is 309 g/mol. The monoisotopic (exact) mass is 309 g/mol. The van der Waals surface area contributed by atoms with Crippen molar-refractivity contribution in [1.82, 2.24) is 0 Å². The molecule has 0 aromatic heterocycles. The van der Waals surface area contributed by atoms with Crippen molar-refractivity contribution >= 4 is 8.32 Å². The van der Waals surface area contributed by atoms with E-state index < -0.39 is 8.32 Å². The van der Waals surface area contributed by atoms with E-state index in [1.165, 1.54) is 0 Å². The van der Waals surface area contributed by atoms with Crippen LogP contribution in [-0.2, 0) is 21.7 Å². The number of rotatable bonds is 0. The zero-order chi connectivity index (χ0) is 12.0. The normalized spacial score (nSPS) is 12.3. The summed E-state index contributed by atoms with van der Waals surface area (Å²) in [7, 11) is -2.35. The van der Waals surface area contributed by atoms with Crippen LogP contribution in [0.1, 0.15) is 62.3 Å². The molecule has 0 unspecified atom stereocenters. The van der Waals surface area contributed by atoms with Gasteiger partial charge in [0.05, 0.1) is 0 Å². The first kappa shape index (κ1) is 31.3. The van der Waals surface area contributed by atoms with E-state index in [4.69, 9.17) is 0 Å². The summed E-state index contributed by atoms with van der Waals surface area (Å²) in [6.45, 7) is 19.6. The Hall–Kier alpha value is 0.891. The third-order valence-corrected chi connectivity index (χ3v) is 9.77. The third-order valence-electron chi connectivity index (χ3n) is 3.26. The molecule has 0 atom stereocenters. The summed E-state index contributed by atoms with van der Waals surface area (Å²) in [5, 5.41) is 0.0521. The van der Waals surface area contributed by atoms with E-state index in [9.17, 15) is 4.80 Å². The minimum absolute atomic E-state index is 0. The van der Waals surface area contributed by atoms with E-state index in [0.717, 1.165) is 0 Å². The van der Waals surface area contributed by atoms with E-state index in [1.807, 2.05) is 0 Å². The Labute approximate surface area is 134 Å². The van der Waals surface area contributed by atoms with Gasteiger partial charge >= 0.3 is 21.7 Å². The van der Waals surface area contributed by atoms with Crippen LogP contribution in [0.2, 0.25) is 15.1 Å². The molecule has 0 aromatic rings. The van der Waals surface area contributed by atoms with Crippen LogP contribution in [0.3, 0.4) is 0 Å². The van der Waals surface area contributed by atoms with Gasteiger partial charge in [-0.1, -0.05) is 62.3 Å². The molecule has 18 heavy (non-hydrogen) atoms. The molecule has 111 valence electrons. The van der Waals surface area contributed by atoms with Gasteiger partial charge in [0.2, 0.25) is 8.32 Å². The van der Waals surface area contributed by atoms with Crippen molar-refractivity contribution in [3.05, 3.63) is 22.3 Å². The van der Waals surface area contributed by atoms with Gasteiger partial charge in [0, 0.05) is 0 Å². The van der Waals surface area contributed by atoms with Gasteiger partial charge in [-0.15, -0.1) is 0 Å². The summed E-state index contributed by atoms with van der Waals surface area (Å²) < 4.78 is 0. The maximum absolute atomic E-state index is 11.2. The molecule has 0 fully saturated rings. The van der Waals surface area contributed by atoms with E-state index in [-0.39, 0.29) is 59.1 Å². The molecule has 0 rings (SSSR count). The van der Waals surface area contributed by atoms with Crippen molar-refractivity contribution in [2.24, 2.45) is 0 Å². The van der Waals surface area contributed by atoms with E-state index in [0.29, 0.717) is 0 Å². The van der Waals surface area contributed by atoms with Gasteiger partial charge in [-0.25, -0.2) is 0 Å². The first-order valence-corrected chi connectivity index (χ1v) is 7.42. The third kappa shape index (κ3) is 5.48. The van der Waals surface area contributed by atoms with Crippen LogP contribution in [0, 0.1) is 22.3 Å². The molecule has 0 heterocycles. The predicted molar refractivity (Wildman–Crippen MR) is 86.4 cm³/mol. The topological polar surface area (TPSA) is 20.2 Å². The fraction of sp³-hybridized carbons (Fsp3) is 0.800. The van der Waals surface area contributed by atoms with Crippen LogP contribution in [0.4, 0.5) is 0 Å². The van der Waals surface area contributed by atoms with Gasteiger partial charge in [0.1, 0.15) is 0 Å². The first-order chi connectivity index (χ1) is 5.75. The van der Waals surface area contributed by atoms with E-state index in [2.05, 4.69) is 62.3 Å². The van der Waals surface area contributed by atoms with Crippen molar-refractivity contribution in [3.63, 3.8) is 0 Å². The Morgan fingerprint density at radius 3 is 0.667 bits per heavy atom. The smallest absolute Gasteiger partial charge is 0.430 e. The maximum Gasteiger partial charge on any atom is 3.00 e. The molecule has 3 heteroatoms. The predicted octanol–water partition coefficient (Wildman–Crippen LogP) is 5.67. The Morgan fingerprint density at radius 1 is 0.556 bits per heavy atom. The first-order valence-electron chi connectivity index (χ1n) is 5.47. The molecule has 1 nitrogen and oxygen atoms in total. The molecule has 0 aliphatic rings. The van der Waals surface area contributed by atoms with E-state index >= 15 is 0 Å². The molecule has 0 bridgehead atoms. The van der Waals surface area contributed by atoms with Gasteiger partial charge < -0.3 is 27.1 Å². The standard InChI is InChI=1S/C12H28OSi.3CH3.Ti/c1-10(2,3)14(13,11(4,5)6)12(7,8)9;;;;/h13H,1-9H3;3*1H3;/q;3*-1;+3. The molecular weight excluding hydrogens is 272 g/mol. The second-order valence-electron chi connectivity index (χ2n) is 7.46. The van der Waals surface area contributed by atoms with Crippen molar-refractivity contribution < 1.29 is 26.5 Å². The zero-order valence-corrected chi connectivity index (χ0v) is 17.5. The Balaban J connectivity index is -0.000000141. The van der Waals surface area contributed by atoms with Crippen molar-refractivity contribution in [2.45, 2.75) is 77.4 Å². The second kappa shape index (κ2) is 8.24. The SMILES string of the molecule is CC(C)(C)[Si](O)(C(C)(C)C)C(C)(C)C.[CH3-].[CH3-].[CH3-].[Ti+3]. The molecule has 0 aliphatic carbocycles. The summed E-state index contributed by atoms with van der Waals surface area (Å²) in [6.07, 6.45) is 0. The molecule has 0 aromatic carbocycles. The molecule has 0 aliphatic heterocycles. The molecule has 0 saturated heterocycles. The minimum atomic E-state index is -2.35. The summed E-state index contributed by atoms with van der Waals surface area (Å²) >= 11 is 0. The molecular formula is C15H37OSiTi. The Morgan fingerprint density at radius 2 is 0.667 bits per heavy atom. The van der Waals surface area contributed by atoms with Crippen LogP contribution in [0.25, 0.3) is 0 Å². The number of hydrogen-bond acceptors (Lipinski definition) is 1. The Kier molecular flexibility index (Phi) is 14.3. The average Bonchev–Trinajstić information content (AvgIpc) is 1.77. The molecule has 0 amide bonds. The fourth-order valence-electron chi connectivity index (χ4n) is 3.38. The van der Waals surface area contributed by atoms with Crippen LogP contribution in [0.15, 0.2) is 0 Å². The number of hydrogen-bond donors (Lipinski definition) is 1. The summed E-state index contributed by atoms with van der Waals surface area (Å²) in [4.78, 5) is 11.2. The Bertz CT molecular complexity index is 170. The van der Waals surface area contributed by atoms with Crippen molar-refractivity contribution in [3.8, 4) is 0 Å². The van der Waals surface area contributed by atoms with E-state index in [1.54, 1.807) is 0 Å². The van der Waals surface area contributed by atoms with Crippen LogP contribution in [-0.4, -0.2) is 13.1 Å². The largest absolute Gasteiger partial charge is 3.00 e. The molecule has 0 saturated carbocycles. The van der Waals surface area contributed by atoms with Crippen LogP contribution < -0.4 is 0 Å².